The van der Waals surface area contributed by atoms with Crippen molar-refractivity contribution in [3.05, 3.63) is 67.8 Å². The molecule has 224 valence electrons. The summed E-state index contributed by atoms with van der Waals surface area (Å²) in [6.45, 7) is 11.2. The molecular formula is C34H43N3O4S. The van der Waals surface area contributed by atoms with E-state index in [2.05, 4.69) is 20.1 Å². The average molecular weight is 590 g/mol. The zero-order valence-electron chi connectivity index (χ0n) is 24.8. The van der Waals surface area contributed by atoms with Crippen LogP contribution in [0.5, 0.6) is 0 Å². The molecule has 8 heteroatoms. The van der Waals surface area contributed by atoms with Crippen LogP contribution in [0.3, 0.4) is 0 Å². The van der Waals surface area contributed by atoms with Gasteiger partial charge in [-0.15, -0.1) is 24.9 Å². The Balaban J connectivity index is 1.55. The van der Waals surface area contributed by atoms with Gasteiger partial charge in [0.2, 0.25) is 11.8 Å². The highest BCUT2D eigenvalue weighted by Crippen LogP contribution is 2.71. The Kier molecular flexibility index (Phi) is 8.86. The van der Waals surface area contributed by atoms with Crippen molar-refractivity contribution in [2.24, 2.45) is 11.8 Å². The molecule has 1 N–H and O–H groups in total. The molecule has 0 radical (unpaired) electrons. The number of hydrogen-bond acceptors (Lipinski definition) is 5. The van der Waals surface area contributed by atoms with Crippen LogP contribution in [0.15, 0.2) is 67.8 Å². The van der Waals surface area contributed by atoms with Gasteiger partial charge in [0.05, 0.1) is 16.6 Å². The summed E-state index contributed by atoms with van der Waals surface area (Å²) in [5.41, 5.74) is 0.774. The summed E-state index contributed by atoms with van der Waals surface area (Å²) >= 11 is 1.71. The molecule has 5 atom stereocenters. The van der Waals surface area contributed by atoms with Crippen molar-refractivity contribution < 1.29 is 19.5 Å². The van der Waals surface area contributed by atoms with Crippen molar-refractivity contribution in [3.63, 3.8) is 0 Å². The monoisotopic (exact) mass is 589 g/mol. The van der Waals surface area contributed by atoms with Crippen LogP contribution in [-0.2, 0) is 14.4 Å². The van der Waals surface area contributed by atoms with E-state index in [1.54, 1.807) is 45.7 Å². The van der Waals surface area contributed by atoms with E-state index in [4.69, 9.17) is 0 Å². The topological polar surface area (TPSA) is 81.2 Å². The molecule has 5 rings (SSSR count). The lowest BCUT2D eigenvalue weighted by Crippen LogP contribution is -2.55. The number of likely N-dealkylation sites (tertiary alicyclic amines) is 1. The number of unbranched alkanes of at least 4 members (excludes halogenated alkanes) is 3. The van der Waals surface area contributed by atoms with E-state index in [1.807, 2.05) is 42.5 Å². The summed E-state index contributed by atoms with van der Waals surface area (Å²) in [4.78, 5) is 48.4. The molecular weight excluding hydrogens is 546 g/mol. The zero-order chi connectivity index (χ0) is 30.1. The summed E-state index contributed by atoms with van der Waals surface area (Å²) < 4.78 is -1.08. The molecule has 42 heavy (non-hydrogen) atoms. The van der Waals surface area contributed by atoms with Gasteiger partial charge in [-0.3, -0.25) is 14.4 Å². The maximum atomic E-state index is 14.8. The molecule has 3 amide bonds. The second-order valence-electron chi connectivity index (χ2n) is 12.2. The van der Waals surface area contributed by atoms with Crippen molar-refractivity contribution in [2.75, 3.05) is 38.2 Å². The highest BCUT2D eigenvalue weighted by molar-refractivity contribution is 8.02. The average Bonchev–Trinajstić information content (AvgIpc) is 3.55. The molecule has 3 saturated heterocycles. The van der Waals surface area contributed by atoms with Gasteiger partial charge in [-0.25, -0.2) is 0 Å². The van der Waals surface area contributed by atoms with Crippen molar-refractivity contribution >= 4 is 45.9 Å². The lowest BCUT2D eigenvalue weighted by atomic mass is 9.66. The molecule has 2 unspecified atom stereocenters. The van der Waals surface area contributed by atoms with E-state index in [1.165, 1.54) is 0 Å². The molecule has 2 aromatic carbocycles. The molecule has 3 aliphatic rings. The summed E-state index contributed by atoms with van der Waals surface area (Å²) in [6, 6.07) is 13.4. The number of nitrogens with zero attached hydrogens (tertiary/aromatic N) is 3. The van der Waals surface area contributed by atoms with Crippen molar-refractivity contribution in [3.8, 4) is 0 Å². The number of anilines is 1. The summed E-state index contributed by atoms with van der Waals surface area (Å²) in [7, 11) is 1.77. The van der Waals surface area contributed by atoms with Gasteiger partial charge in [-0.1, -0.05) is 55.3 Å². The maximum absolute atomic E-state index is 14.8. The largest absolute Gasteiger partial charge is 0.396 e. The van der Waals surface area contributed by atoms with Gasteiger partial charge < -0.3 is 19.8 Å². The molecule has 0 aromatic heterocycles. The van der Waals surface area contributed by atoms with E-state index >= 15 is 0 Å². The van der Waals surface area contributed by atoms with Crippen LogP contribution in [0.4, 0.5) is 5.69 Å². The lowest BCUT2D eigenvalue weighted by molar-refractivity contribution is -0.144. The highest BCUT2D eigenvalue weighted by Gasteiger charge is 2.77. The van der Waals surface area contributed by atoms with Crippen molar-refractivity contribution in [1.29, 1.82) is 0 Å². The summed E-state index contributed by atoms with van der Waals surface area (Å²) in [6.07, 6.45) is 8.13. The number of carbonyl (C=O) groups excluding carboxylic acids is 3. The predicted molar refractivity (Wildman–Crippen MR) is 170 cm³/mol. The quantitative estimate of drug-likeness (QED) is 0.262. The zero-order valence-corrected chi connectivity index (χ0v) is 25.7. The Morgan fingerprint density at radius 1 is 1.02 bits per heavy atom. The number of aliphatic hydroxyl groups is 1. The minimum atomic E-state index is -0.673. The Hall–Kier alpha value is -3.10. The van der Waals surface area contributed by atoms with Crippen molar-refractivity contribution in [1.82, 2.24) is 9.80 Å². The third-order valence-electron chi connectivity index (χ3n) is 9.49. The van der Waals surface area contributed by atoms with E-state index in [0.29, 0.717) is 19.6 Å². The van der Waals surface area contributed by atoms with E-state index in [-0.39, 0.29) is 24.3 Å². The Morgan fingerprint density at radius 3 is 2.45 bits per heavy atom. The number of fused-ring (bicyclic) bond motifs is 2. The predicted octanol–water partition coefficient (Wildman–Crippen LogP) is 5.04. The molecule has 3 heterocycles. The molecule has 1 spiro atoms. The number of thioether (sulfide) groups is 1. The summed E-state index contributed by atoms with van der Waals surface area (Å²) in [5.74, 6) is -1.26. The van der Waals surface area contributed by atoms with Gasteiger partial charge in [0, 0.05) is 43.7 Å². The minimum absolute atomic E-state index is 0.0432. The van der Waals surface area contributed by atoms with Gasteiger partial charge in [0.25, 0.3) is 5.91 Å². The van der Waals surface area contributed by atoms with Gasteiger partial charge in [0.1, 0.15) is 6.04 Å². The Labute approximate surface area is 253 Å². The number of likely N-dealkylation sites (N-methyl/N-ethyl adjacent to an activating group) is 1. The standard InChI is InChI=1S/C34H43N3O4S/c1-5-19-35(4)30(39)27-28-31(40)37(21-11-7-8-12-22-38)29(34(28)18-17-33(27,3)42-34)32(41)36(20-6-2)26-16-15-24-13-9-10-14-25(24)23-26/h5-6,9-10,13-16,23,27-29,38H,1-2,7-8,11-12,17-22H2,3-4H3/t27-,28+,29?,33+,34?/m1/s1. The van der Waals surface area contributed by atoms with Crippen LogP contribution in [-0.4, -0.2) is 81.5 Å². The number of carbonyl (C=O) groups is 3. The first kappa shape index (κ1) is 30.4. The van der Waals surface area contributed by atoms with Crippen LogP contribution in [0.1, 0.15) is 45.4 Å². The minimum Gasteiger partial charge on any atom is -0.396 e. The normalized spacial score (nSPS) is 27.7. The lowest BCUT2D eigenvalue weighted by Gasteiger charge is -2.38. The van der Waals surface area contributed by atoms with Crippen LogP contribution >= 0.6 is 11.8 Å². The number of amides is 3. The molecule has 0 saturated carbocycles. The molecule has 3 aliphatic heterocycles. The number of aliphatic hydroxyl groups excluding tert-OH is 1. The third-order valence-corrected chi connectivity index (χ3v) is 11.5. The first-order chi connectivity index (χ1) is 20.2. The van der Waals surface area contributed by atoms with Crippen LogP contribution in [0.2, 0.25) is 0 Å². The fourth-order valence-electron chi connectivity index (χ4n) is 7.53. The Morgan fingerprint density at radius 2 is 1.74 bits per heavy atom. The first-order valence-electron chi connectivity index (χ1n) is 15.1. The van der Waals surface area contributed by atoms with Crippen molar-refractivity contribution in [2.45, 2.75) is 61.0 Å². The van der Waals surface area contributed by atoms with Crippen LogP contribution in [0.25, 0.3) is 10.8 Å². The van der Waals surface area contributed by atoms with Crippen LogP contribution in [0, 0.1) is 11.8 Å². The van der Waals surface area contributed by atoms with E-state index < -0.39 is 27.4 Å². The summed E-state index contributed by atoms with van der Waals surface area (Å²) in [5, 5.41) is 11.3. The number of rotatable bonds is 13. The molecule has 7 nitrogen and oxygen atoms in total. The number of hydrogen-bond donors (Lipinski definition) is 1. The van der Waals surface area contributed by atoms with Gasteiger partial charge in [0.15, 0.2) is 0 Å². The highest BCUT2D eigenvalue weighted by atomic mass is 32.2. The van der Waals surface area contributed by atoms with E-state index in [9.17, 15) is 19.5 Å². The molecule has 3 fully saturated rings. The first-order valence-corrected chi connectivity index (χ1v) is 15.9. The second kappa shape index (κ2) is 12.3. The van der Waals surface area contributed by atoms with Crippen LogP contribution < -0.4 is 4.90 Å². The number of benzene rings is 2. The van der Waals surface area contributed by atoms with Gasteiger partial charge in [-0.05, 0) is 55.5 Å². The fourth-order valence-corrected chi connectivity index (χ4v) is 9.88. The van der Waals surface area contributed by atoms with Gasteiger partial charge in [-0.2, -0.15) is 0 Å². The maximum Gasteiger partial charge on any atom is 0.251 e. The molecule has 2 aromatic rings. The second-order valence-corrected chi connectivity index (χ2v) is 14.1. The van der Waals surface area contributed by atoms with Gasteiger partial charge >= 0.3 is 0 Å². The van der Waals surface area contributed by atoms with E-state index in [0.717, 1.165) is 55.0 Å². The third kappa shape index (κ3) is 5.06. The fraction of sp³-hybridized carbons (Fsp3) is 0.500. The smallest absolute Gasteiger partial charge is 0.251 e. The Bertz CT molecular complexity index is 1380. The molecule has 0 aliphatic carbocycles. The molecule has 2 bridgehead atoms. The SMILES string of the molecule is C=CCN(C)C(=O)[C@H]1[C@H]2C(=O)N(CCCCCCO)C(C(=O)N(CC=C)c3ccc4ccccc4c3)C23CC[C@]1(C)S3.